The lowest BCUT2D eigenvalue weighted by atomic mass is 10.1. The summed E-state index contributed by atoms with van der Waals surface area (Å²) in [4.78, 5) is 31.1. The maximum Gasteiger partial charge on any atom is 0.264 e. The third-order valence-corrected chi connectivity index (χ3v) is 4.88. The van der Waals surface area contributed by atoms with Crippen molar-refractivity contribution >= 4 is 39.7 Å². The minimum atomic E-state index is -0.169. The molecule has 0 unspecified atom stereocenters. The number of anilines is 3. The predicted molar refractivity (Wildman–Crippen MR) is 110 cm³/mol. The Balaban J connectivity index is 1.89. The van der Waals surface area contributed by atoms with Crippen LogP contribution < -0.4 is 10.2 Å². The second-order valence-corrected chi connectivity index (χ2v) is 7.31. The van der Waals surface area contributed by atoms with E-state index in [-0.39, 0.29) is 17.7 Å². The van der Waals surface area contributed by atoms with Gasteiger partial charge in [-0.2, -0.15) is 0 Å². The van der Waals surface area contributed by atoms with Gasteiger partial charge >= 0.3 is 0 Å². The van der Waals surface area contributed by atoms with Crippen LogP contribution in [0.1, 0.15) is 29.9 Å². The highest BCUT2D eigenvalue weighted by molar-refractivity contribution is 7.14. The number of hydrogen-bond acceptors (Lipinski definition) is 4. The van der Waals surface area contributed by atoms with Gasteiger partial charge in [0.2, 0.25) is 5.91 Å². The third kappa shape index (κ3) is 4.41. The van der Waals surface area contributed by atoms with E-state index in [1.54, 1.807) is 29.2 Å². The van der Waals surface area contributed by atoms with Crippen LogP contribution in [0.15, 0.2) is 60.0 Å². The smallest absolute Gasteiger partial charge is 0.264 e. The molecule has 0 atom stereocenters. The lowest BCUT2D eigenvalue weighted by molar-refractivity contribution is -0.118. The minimum absolute atomic E-state index is 0.0572. The highest BCUT2D eigenvalue weighted by Gasteiger charge is 2.22. The Hall–Kier alpha value is -2.99. The maximum atomic E-state index is 13.2. The zero-order valence-electron chi connectivity index (χ0n) is 15.5. The number of carbonyl (C=O) groups is 2. The number of carbonyl (C=O) groups excluding carboxylic acids is 2. The summed E-state index contributed by atoms with van der Waals surface area (Å²) < 4.78 is 0. The second-order valence-electron chi connectivity index (χ2n) is 6.47. The normalized spacial score (nSPS) is 10.7. The molecule has 3 aromatic rings. The molecule has 0 aliphatic carbocycles. The highest BCUT2D eigenvalue weighted by atomic mass is 32.1. The summed E-state index contributed by atoms with van der Waals surface area (Å²) in [6.45, 7) is 5.57. The summed E-state index contributed by atoms with van der Waals surface area (Å²) in [5.41, 5.74) is 2.82. The lowest BCUT2D eigenvalue weighted by Gasteiger charge is -2.20. The van der Waals surface area contributed by atoms with Crippen LogP contribution in [-0.2, 0) is 4.79 Å². The molecule has 3 rings (SSSR count). The van der Waals surface area contributed by atoms with E-state index < -0.39 is 0 Å². The van der Waals surface area contributed by atoms with Crippen molar-refractivity contribution in [3.05, 3.63) is 71.2 Å². The first-order chi connectivity index (χ1) is 13.0. The van der Waals surface area contributed by atoms with Gasteiger partial charge in [-0.15, -0.1) is 11.3 Å². The molecule has 0 bridgehead atoms. The molecular formula is C21H21N3O2S. The maximum absolute atomic E-state index is 13.2. The van der Waals surface area contributed by atoms with Gasteiger partial charge in [-0.25, -0.2) is 4.98 Å². The fourth-order valence-electron chi connectivity index (χ4n) is 2.45. The second kappa shape index (κ2) is 8.14. The first-order valence-corrected chi connectivity index (χ1v) is 9.56. The van der Waals surface area contributed by atoms with E-state index in [4.69, 9.17) is 0 Å². The van der Waals surface area contributed by atoms with Crippen molar-refractivity contribution in [3.8, 4) is 0 Å². The predicted octanol–water partition coefficient (Wildman–Crippen LogP) is 5.02. The summed E-state index contributed by atoms with van der Waals surface area (Å²) in [7, 11) is 0. The molecule has 2 amide bonds. The van der Waals surface area contributed by atoms with Crippen molar-refractivity contribution in [2.75, 3.05) is 10.2 Å². The first kappa shape index (κ1) is 18.8. The Morgan fingerprint density at radius 3 is 2.26 bits per heavy atom. The number of para-hydroxylation sites is 1. The van der Waals surface area contributed by atoms with Gasteiger partial charge < -0.3 is 5.32 Å². The fraction of sp³-hybridized carbons (Fsp3) is 0.190. The van der Waals surface area contributed by atoms with E-state index in [2.05, 4.69) is 10.3 Å². The van der Waals surface area contributed by atoms with E-state index in [1.165, 1.54) is 11.3 Å². The number of rotatable bonds is 5. The SMILES string of the molecule is Cc1csc(N(C(=O)c2ccc(NC(=O)C(C)C)cc2)c2ccccc2)n1. The number of nitrogens with zero attached hydrogens (tertiary/aromatic N) is 2. The fourth-order valence-corrected chi connectivity index (χ4v) is 3.27. The molecular weight excluding hydrogens is 358 g/mol. The van der Waals surface area contributed by atoms with Crippen LogP contribution in [0.5, 0.6) is 0 Å². The number of hydrogen-bond donors (Lipinski definition) is 1. The molecule has 138 valence electrons. The van der Waals surface area contributed by atoms with Crippen LogP contribution in [0.2, 0.25) is 0 Å². The average Bonchev–Trinajstić information content (AvgIpc) is 3.09. The van der Waals surface area contributed by atoms with E-state index in [0.29, 0.717) is 16.4 Å². The first-order valence-electron chi connectivity index (χ1n) is 8.68. The van der Waals surface area contributed by atoms with E-state index in [0.717, 1.165) is 11.4 Å². The largest absolute Gasteiger partial charge is 0.326 e. The van der Waals surface area contributed by atoms with Crippen molar-refractivity contribution < 1.29 is 9.59 Å². The quantitative estimate of drug-likeness (QED) is 0.677. The molecule has 0 aliphatic rings. The number of amides is 2. The van der Waals surface area contributed by atoms with Crippen molar-refractivity contribution in [2.45, 2.75) is 20.8 Å². The van der Waals surface area contributed by atoms with Crippen molar-refractivity contribution in [2.24, 2.45) is 5.92 Å². The number of aryl methyl sites for hydroxylation is 1. The van der Waals surface area contributed by atoms with Crippen molar-refractivity contribution in [3.63, 3.8) is 0 Å². The molecule has 0 radical (unpaired) electrons. The summed E-state index contributed by atoms with van der Waals surface area (Å²) in [6.07, 6.45) is 0. The van der Waals surface area contributed by atoms with Gasteiger partial charge in [0.25, 0.3) is 5.91 Å². The number of thiazole rings is 1. The molecule has 6 heteroatoms. The van der Waals surface area contributed by atoms with Crippen LogP contribution in [-0.4, -0.2) is 16.8 Å². The summed E-state index contributed by atoms with van der Waals surface area (Å²) in [6, 6.07) is 16.4. The monoisotopic (exact) mass is 379 g/mol. The van der Waals surface area contributed by atoms with E-state index >= 15 is 0 Å². The van der Waals surface area contributed by atoms with E-state index in [9.17, 15) is 9.59 Å². The minimum Gasteiger partial charge on any atom is -0.326 e. The Kier molecular flexibility index (Phi) is 5.66. The van der Waals surface area contributed by atoms with Crippen LogP contribution in [0.3, 0.4) is 0 Å². The zero-order chi connectivity index (χ0) is 19.4. The van der Waals surface area contributed by atoms with Crippen LogP contribution >= 0.6 is 11.3 Å². The molecule has 0 saturated carbocycles. The van der Waals surface area contributed by atoms with Crippen molar-refractivity contribution in [1.82, 2.24) is 4.98 Å². The van der Waals surface area contributed by atoms with Crippen LogP contribution in [0.25, 0.3) is 0 Å². The molecule has 0 spiro atoms. The van der Waals surface area contributed by atoms with Crippen LogP contribution in [0.4, 0.5) is 16.5 Å². The molecule has 2 aromatic carbocycles. The topological polar surface area (TPSA) is 62.3 Å². The average molecular weight is 379 g/mol. The standard InChI is InChI=1S/C21H21N3O2S/c1-14(2)19(25)23-17-11-9-16(10-12-17)20(26)24(18-7-5-4-6-8-18)21-22-15(3)13-27-21/h4-14H,1-3H3,(H,23,25). The Labute approximate surface area is 162 Å². The Bertz CT molecular complexity index is 934. The molecule has 1 aromatic heterocycles. The summed E-state index contributed by atoms with van der Waals surface area (Å²) >= 11 is 1.43. The Morgan fingerprint density at radius 1 is 1.04 bits per heavy atom. The number of aromatic nitrogens is 1. The molecule has 1 heterocycles. The van der Waals surface area contributed by atoms with Crippen LogP contribution in [0, 0.1) is 12.8 Å². The summed E-state index contributed by atoms with van der Waals surface area (Å²) in [5.74, 6) is -0.330. The summed E-state index contributed by atoms with van der Waals surface area (Å²) in [5, 5.41) is 5.37. The number of nitrogens with one attached hydrogen (secondary N) is 1. The van der Waals surface area contributed by atoms with Crippen molar-refractivity contribution in [1.29, 1.82) is 0 Å². The molecule has 1 N–H and O–H groups in total. The molecule has 0 aliphatic heterocycles. The molecule has 0 saturated heterocycles. The molecule has 27 heavy (non-hydrogen) atoms. The molecule has 5 nitrogen and oxygen atoms in total. The zero-order valence-corrected chi connectivity index (χ0v) is 16.3. The lowest BCUT2D eigenvalue weighted by Crippen LogP contribution is -2.26. The van der Waals surface area contributed by atoms with Gasteiger partial charge in [-0.3, -0.25) is 14.5 Å². The van der Waals surface area contributed by atoms with Gasteiger partial charge in [0.1, 0.15) is 0 Å². The van der Waals surface area contributed by atoms with E-state index in [1.807, 2.05) is 56.5 Å². The molecule has 0 fully saturated rings. The van der Waals surface area contributed by atoms with Gasteiger partial charge in [-0.1, -0.05) is 32.0 Å². The van der Waals surface area contributed by atoms with Gasteiger partial charge in [0, 0.05) is 22.5 Å². The third-order valence-electron chi connectivity index (χ3n) is 3.94. The highest BCUT2D eigenvalue weighted by Crippen LogP contribution is 2.30. The number of benzene rings is 2. The van der Waals surface area contributed by atoms with Gasteiger partial charge in [0.15, 0.2) is 5.13 Å². The van der Waals surface area contributed by atoms with Gasteiger partial charge in [-0.05, 0) is 43.3 Å². The Morgan fingerprint density at radius 2 is 1.70 bits per heavy atom. The van der Waals surface area contributed by atoms with Gasteiger partial charge in [0.05, 0.1) is 11.4 Å².